The maximum atomic E-state index is 4.52. The summed E-state index contributed by atoms with van der Waals surface area (Å²) in [6.07, 6.45) is 7.04. The van der Waals surface area contributed by atoms with Crippen LogP contribution in [0.25, 0.3) is 5.57 Å². The molecule has 0 aromatic carbocycles. The average molecular weight is 213 g/mol. The second kappa shape index (κ2) is 2.97. The SMILES string of the molecule is CC1(C)[C@H]2C=C(c3ccccn3)[C@@]1(C)CC2. The van der Waals surface area contributed by atoms with Crippen molar-refractivity contribution in [3.8, 4) is 0 Å². The number of fused-ring (bicyclic) bond motifs is 2. The van der Waals surface area contributed by atoms with Gasteiger partial charge in [0.05, 0.1) is 5.69 Å². The molecule has 2 aliphatic rings. The van der Waals surface area contributed by atoms with Crippen LogP contribution in [0.3, 0.4) is 0 Å². The van der Waals surface area contributed by atoms with E-state index in [1.54, 1.807) is 0 Å². The maximum Gasteiger partial charge on any atom is 0.0664 e. The lowest BCUT2D eigenvalue weighted by Crippen LogP contribution is -2.29. The summed E-state index contributed by atoms with van der Waals surface area (Å²) in [6.45, 7) is 7.24. The van der Waals surface area contributed by atoms with E-state index in [0.29, 0.717) is 10.8 Å². The summed E-state index contributed by atoms with van der Waals surface area (Å²) in [4.78, 5) is 4.52. The van der Waals surface area contributed by atoms with Crippen LogP contribution >= 0.6 is 0 Å². The Labute approximate surface area is 97.6 Å². The standard InChI is InChI=1S/C15H19N/c1-14(2)11-7-8-15(14,3)12(10-11)13-6-4-5-9-16-13/h4-6,9-11H,7-8H2,1-3H3/t11-,15-/m1/s1. The first-order chi connectivity index (χ1) is 7.56. The Morgan fingerprint density at radius 2 is 2.06 bits per heavy atom. The van der Waals surface area contributed by atoms with Crippen LogP contribution < -0.4 is 0 Å². The third-order valence-electron chi connectivity index (χ3n) is 5.21. The minimum atomic E-state index is 0.325. The van der Waals surface area contributed by atoms with Crippen LogP contribution in [0.1, 0.15) is 39.3 Å². The van der Waals surface area contributed by atoms with Gasteiger partial charge in [-0.05, 0) is 47.3 Å². The number of nitrogens with zero attached hydrogens (tertiary/aromatic N) is 1. The molecule has 2 aliphatic carbocycles. The van der Waals surface area contributed by atoms with Crippen molar-refractivity contribution >= 4 is 5.57 Å². The van der Waals surface area contributed by atoms with Gasteiger partial charge in [0.15, 0.2) is 0 Å². The Kier molecular flexibility index (Phi) is 1.87. The summed E-state index contributed by atoms with van der Waals surface area (Å²) >= 11 is 0. The summed E-state index contributed by atoms with van der Waals surface area (Å²) in [7, 11) is 0. The maximum absolute atomic E-state index is 4.52. The molecule has 1 nitrogen and oxygen atoms in total. The average Bonchev–Trinajstić information content (AvgIpc) is 2.62. The molecule has 1 aromatic heterocycles. The van der Waals surface area contributed by atoms with Crippen LogP contribution in [0.5, 0.6) is 0 Å². The van der Waals surface area contributed by atoms with Gasteiger partial charge in [-0.1, -0.05) is 32.9 Å². The molecule has 2 atom stereocenters. The van der Waals surface area contributed by atoms with Crippen LogP contribution in [-0.4, -0.2) is 4.98 Å². The molecular formula is C15H19N. The van der Waals surface area contributed by atoms with E-state index in [4.69, 9.17) is 0 Å². The quantitative estimate of drug-likeness (QED) is 0.689. The van der Waals surface area contributed by atoms with Gasteiger partial charge >= 0.3 is 0 Å². The van der Waals surface area contributed by atoms with Gasteiger partial charge in [0.25, 0.3) is 0 Å². The lowest BCUT2D eigenvalue weighted by Gasteiger charge is -2.37. The van der Waals surface area contributed by atoms with Crippen molar-refractivity contribution in [2.45, 2.75) is 33.6 Å². The van der Waals surface area contributed by atoms with Crippen LogP contribution in [-0.2, 0) is 0 Å². The Hall–Kier alpha value is -1.11. The van der Waals surface area contributed by atoms with Crippen molar-refractivity contribution in [1.29, 1.82) is 0 Å². The van der Waals surface area contributed by atoms with Crippen molar-refractivity contribution in [3.05, 3.63) is 36.2 Å². The molecule has 0 unspecified atom stereocenters. The van der Waals surface area contributed by atoms with Crippen LogP contribution in [0.15, 0.2) is 30.5 Å². The second-order valence-electron chi connectivity index (χ2n) is 5.99. The molecule has 1 heteroatoms. The van der Waals surface area contributed by atoms with Crippen LogP contribution in [0.2, 0.25) is 0 Å². The molecule has 0 saturated heterocycles. The summed E-state index contributed by atoms with van der Waals surface area (Å²) in [5, 5.41) is 0. The van der Waals surface area contributed by atoms with Gasteiger partial charge in [-0.3, -0.25) is 4.98 Å². The first kappa shape index (κ1) is 10.1. The van der Waals surface area contributed by atoms with Crippen molar-refractivity contribution in [2.75, 3.05) is 0 Å². The number of allylic oxidation sites excluding steroid dienone is 2. The highest BCUT2D eigenvalue weighted by atomic mass is 14.7. The zero-order chi connectivity index (χ0) is 11.4. The van der Waals surface area contributed by atoms with Crippen molar-refractivity contribution in [2.24, 2.45) is 16.7 Å². The van der Waals surface area contributed by atoms with E-state index in [1.807, 2.05) is 12.3 Å². The first-order valence-corrected chi connectivity index (χ1v) is 6.19. The van der Waals surface area contributed by atoms with E-state index in [1.165, 1.54) is 24.1 Å². The minimum absolute atomic E-state index is 0.325. The topological polar surface area (TPSA) is 12.9 Å². The fraction of sp³-hybridized carbons (Fsp3) is 0.533. The number of aromatic nitrogens is 1. The van der Waals surface area contributed by atoms with Gasteiger partial charge in [-0.15, -0.1) is 0 Å². The zero-order valence-electron chi connectivity index (χ0n) is 10.3. The molecule has 84 valence electrons. The summed E-state index contributed by atoms with van der Waals surface area (Å²) in [6, 6.07) is 6.23. The number of pyridine rings is 1. The fourth-order valence-corrected chi connectivity index (χ4v) is 3.59. The molecular weight excluding hydrogens is 194 g/mol. The Morgan fingerprint density at radius 1 is 1.25 bits per heavy atom. The number of hydrogen-bond donors (Lipinski definition) is 0. The number of hydrogen-bond acceptors (Lipinski definition) is 1. The molecule has 0 radical (unpaired) electrons. The van der Waals surface area contributed by atoms with Gasteiger partial charge < -0.3 is 0 Å². The molecule has 1 heterocycles. The third-order valence-corrected chi connectivity index (χ3v) is 5.21. The van der Waals surface area contributed by atoms with E-state index in [0.717, 1.165) is 5.92 Å². The molecule has 1 saturated carbocycles. The van der Waals surface area contributed by atoms with Gasteiger partial charge in [-0.2, -0.15) is 0 Å². The van der Waals surface area contributed by atoms with Gasteiger partial charge in [-0.25, -0.2) is 0 Å². The molecule has 3 rings (SSSR count). The van der Waals surface area contributed by atoms with E-state index >= 15 is 0 Å². The Balaban J connectivity index is 2.10. The summed E-state index contributed by atoms with van der Waals surface area (Å²) in [5.74, 6) is 0.745. The summed E-state index contributed by atoms with van der Waals surface area (Å²) in [5.41, 5.74) is 3.39. The molecule has 2 bridgehead atoms. The molecule has 0 aliphatic heterocycles. The van der Waals surface area contributed by atoms with Crippen molar-refractivity contribution < 1.29 is 0 Å². The molecule has 1 aromatic rings. The molecule has 0 N–H and O–H groups in total. The summed E-state index contributed by atoms with van der Waals surface area (Å²) < 4.78 is 0. The molecule has 0 amide bonds. The Bertz CT molecular complexity index is 444. The number of rotatable bonds is 1. The van der Waals surface area contributed by atoms with Gasteiger partial charge in [0.1, 0.15) is 0 Å². The van der Waals surface area contributed by atoms with Crippen LogP contribution in [0.4, 0.5) is 0 Å². The van der Waals surface area contributed by atoms with E-state index in [-0.39, 0.29) is 0 Å². The first-order valence-electron chi connectivity index (χ1n) is 6.19. The Morgan fingerprint density at radius 3 is 2.56 bits per heavy atom. The molecule has 0 spiro atoms. The zero-order valence-corrected chi connectivity index (χ0v) is 10.3. The molecule has 16 heavy (non-hydrogen) atoms. The minimum Gasteiger partial charge on any atom is -0.257 e. The normalized spacial score (nSPS) is 35.2. The predicted octanol–water partition coefficient (Wildman–Crippen LogP) is 3.92. The highest BCUT2D eigenvalue weighted by Crippen LogP contribution is 2.67. The highest BCUT2D eigenvalue weighted by Gasteiger charge is 2.57. The monoisotopic (exact) mass is 213 g/mol. The fourth-order valence-electron chi connectivity index (χ4n) is 3.59. The third kappa shape index (κ3) is 1.04. The van der Waals surface area contributed by atoms with Gasteiger partial charge in [0, 0.05) is 6.20 Å². The lowest BCUT2D eigenvalue weighted by molar-refractivity contribution is 0.189. The van der Waals surface area contributed by atoms with Crippen LogP contribution in [0, 0.1) is 16.7 Å². The van der Waals surface area contributed by atoms with Crippen molar-refractivity contribution in [1.82, 2.24) is 4.98 Å². The van der Waals surface area contributed by atoms with E-state index in [2.05, 4.69) is 44.0 Å². The van der Waals surface area contributed by atoms with Gasteiger partial charge in [0.2, 0.25) is 0 Å². The molecule has 1 fully saturated rings. The largest absolute Gasteiger partial charge is 0.257 e. The predicted molar refractivity (Wildman–Crippen MR) is 66.8 cm³/mol. The smallest absolute Gasteiger partial charge is 0.0664 e. The lowest BCUT2D eigenvalue weighted by atomic mass is 9.67. The van der Waals surface area contributed by atoms with Crippen molar-refractivity contribution in [3.63, 3.8) is 0 Å². The van der Waals surface area contributed by atoms with E-state index in [9.17, 15) is 0 Å². The van der Waals surface area contributed by atoms with E-state index < -0.39 is 0 Å². The second-order valence-corrected chi connectivity index (χ2v) is 5.99. The highest BCUT2D eigenvalue weighted by molar-refractivity contribution is 5.72.